The molecule has 2 heterocycles. The zero-order valence-corrected chi connectivity index (χ0v) is 14.1. The van der Waals surface area contributed by atoms with Crippen LogP contribution in [0.2, 0.25) is 0 Å². The summed E-state index contributed by atoms with van der Waals surface area (Å²) in [5.74, 6) is 0.974. The van der Waals surface area contributed by atoms with E-state index in [-0.39, 0.29) is 17.5 Å². The van der Waals surface area contributed by atoms with Crippen LogP contribution in [0.1, 0.15) is 55.3 Å². The van der Waals surface area contributed by atoms with Gasteiger partial charge in [0.05, 0.1) is 12.2 Å². The highest BCUT2D eigenvalue weighted by atomic mass is 32.2. The van der Waals surface area contributed by atoms with Crippen LogP contribution in [-0.2, 0) is 0 Å². The van der Waals surface area contributed by atoms with E-state index >= 15 is 0 Å². The lowest BCUT2D eigenvalue weighted by Gasteiger charge is -2.38. The van der Waals surface area contributed by atoms with Gasteiger partial charge in [-0.05, 0) is 62.6 Å². The molecule has 1 aromatic rings. The standard InChI is InChI=1S/C19H23FO2S/c20-14-6-7-18(22-11-12-4-5-12)17(10-14)19(21)13-8-15-2-1-3-16(9-13)23-15/h6-7,10,12-13,15-16H,1-5,8-9,11H2. The maximum absolute atomic E-state index is 13.7. The Hall–Kier alpha value is -1.03. The molecule has 23 heavy (non-hydrogen) atoms. The van der Waals surface area contributed by atoms with Crippen molar-refractivity contribution in [2.75, 3.05) is 6.61 Å². The van der Waals surface area contributed by atoms with Gasteiger partial charge in [0.1, 0.15) is 11.6 Å². The molecule has 2 nitrogen and oxygen atoms in total. The highest BCUT2D eigenvalue weighted by Gasteiger charge is 2.36. The number of ether oxygens (including phenoxy) is 1. The molecule has 2 saturated heterocycles. The summed E-state index contributed by atoms with van der Waals surface area (Å²) in [6.45, 7) is 0.650. The van der Waals surface area contributed by atoms with Gasteiger partial charge in [0, 0.05) is 16.4 Å². The van der Waals surface area contributed by atoms with Crippen LogP contribution in [-0.4, -0.2) is 22.9 Å². The second-order valence-electron chi connectivity index (χ2n) is 7.24. The Labute approximate surface area is 141 Å². The fourth-order valence-corrected chi connectivity index (χ4v) is 5.64. The lowest BCUT2D eigenvalue weighted by Crippen LogP contribution is -2.33. The molecule has 4 rings (SSSR count). The van der Waals surface area contributed by atoms with Crippen molar-refractivity contribution in [1.29, 1.82) is 0 Å². The van der Waals surface area contributed by atoms with E-state index in [2.05, 4.69) is 11.8 Å². The molecule has 0 aromatic heterocycles. The fraction of sp³-hybridized carbons (Fsp3) is 0.632. The van der Waals surface area contributed by atoms with E-state index in [1.165, 1.54) is 44.2 Å². The number of thioether (sulfide) groups is 1. The van der Waals surface area contributed by atoms with Crippen molar-refractivity contribution in [1.82, 2.24) is 0 Å². The van der Waals surface area contributed by atoms with E-state index in [9.17, 15) is 9.18 Å². The van der Waals surface area contributed by atoms with Gasteiger partial charge in [-0.15, -0.1) is 0 Å². The molecule has 2 aliphatic heterocycles. The topological polar surface area (TPSA) is 26.3 Å². The van der Waals surface area contributed by atoms with Gasteiger partial charge >= 0.3 is 0 Å². The van der Waals surface area contributed by atoms with Gasteiger partial charge in [-0.3, -0.25) is 4.79 Å². The Balaban J connectivity index is 1.53. The maximum Gasteiger partial charge on any atom is 0.169 e. The third-order valence-corrected chi connectivity index (χ3v) is 6.91. The van der Waals surface area contributed by atoms with E-state index in [4.69, 9.17) is 4.74 Å². The Morgan fingerprint density at radius 2 is 1.91 bits per heavy atom. The first-order valence-corrected chi connectivity index (χ1v) is 9.75. The van der Waals surface area contributed by atoms with Crippen LogP contribution in [0.25, 0.3) is 0 Å². The second kappa shape index (κ2) is 6.46. The number of hydrogen-bond acceptors (Lipinski definition) is 3. The summed E-state index contributed by atoms with van der Waals surface area (Å²) in [5, 5.41) is 1.22. The number of carbonyl (C=O) groups is 1. The zero-order valence-electron chi connectivity index (χ0n) is 13.3. The van der Waals surface area contributed by atoms with Crippen LogP contribution in [0, 0.1) is 17.7 Å². The first-order chi connectivity index (χ1) is 11.2. The molecule has 2 bridgehead atoms. The lowest BCUT2D eigenvalue weighted by molar-refractivity contribution is 0.0891. The van der Waals surface area contributed by atoms with E-state index < -0.39 is 0 Å². The van der Waals surface area contributed by atoms with Crippen molar-refractivity contribution in [3.8, 4) is 5.75 Å². The van der Waals surface area contributed by atoms with Gasteiger partial charge in [0.25, 0.3) is 0 Å². The number of Topliss-reactive ketones (excluding diaryl/α,β-unsaturated/α-hetero) is 1. The van der Waals surface area contributed by atoms with Crippen LogP contribution in [0.5, 0.6) is 5.75 Å². The molecule has 0 radical (unpaired) electrons. The molecule has 0 N–H and O–H groups in total. The van der Waals surface area contributed by atoms with Crippen molar-refractivity contribution >= 4 is 17.5 Å². The average Bonchev–Trinajstić information content (AvgIpc) is 3.37. The summed E-state index contributed by atoms with van der Waals surface area (Å²) in [4.78, 5) is 13.0. The molecule has 124 valence electrons. The molecule has 1 saturated carbocycles. The molecule has 4 heteroatoms. The summed E-state index contributed by atoms with van der Waals surface area (Å²) in [6.07, 6.45) is 8.02. The van der Waals surface area contributed by atoms with Crippen molar-refractivity contribution in [3.63, 3.8) is 0 Å². The third kappa shape index (κ3) is 3.57. The van der Waals surface area contributed by atoms with Gasteiger partial charge in [-0.25, -0.2) is 4.39 Å². The summed E-state index contributed by atoms with van der Waals surface area (Å²) in [6, 6.07) is 4.40. The molecule has 3 aliphatic rings. The molecule has 1 aliphatic carbocycles. The van der Waals surface area contributed by atoms with E-state index in [0.717, 1.165) is 12.8 Å². The zero-order chi connectivity index (χ0) is 15.8. The van der Waals surface area contributed by atoms with Gasteiger partial charge < -0.3 is 4.74 Å². The quantitative estimate of drug-likeness (QED) is 0.719. The van der Waals surface area contributed by atoms with Crippen molar-refractivity contribution in [3.05, 3.63) is 29.6 Å². The van der Waals surface area contributed by atoms with Crippen LogP contribution in [0.3, 0.4) is 0 Å². The number of rotatable bonds is 5. The highest BCUT2D eigenvalue weighted by molar-refractivity contribution is 8.00. The molecular formula is C19H23FO2S. The van der Waals surface area contributed by atoms with E-state index in [1.54, 1.807) is 6.07 Å². The number of ketones is 1. The number of carbonyl (C=O) groups excluding carboxylic acids is 1. The Morgan fingerprint density at radius 3 is 2.61 bits per heavy atom. The van der Waals surface area contributed by atoms with Crippen molar-refractivity contribution < 1.29 is 13.9 Å². The third-order valence-electron chi connectivity index (χ3n) is 5.28. The summed E-state index contributed by atoms with van der Waals surface area (Å²) >= 11 is 2.06. The average molecular weight is 334 g/mol. The molecule has 1 aromatic carbocycles. The predicted molar refractivity (Wildman–Crippen MR) is 90.7 cm³/mol. The first kappa shape index (κ1) is 15.5. The van der Waals surface area contributed by atoms with Crippen LogP contribution < -0.4 is 4.74 Å². The molecule has 2 unspecified atom stereocenters. The van der Waals surface area contributed by atoms with Gasteiger partial charge in [0.2, 0.25) is 0 Å². The number of hydrogen-bond donors (Lipinski definition) is 0. The fourth-order valence-electron chi connectivity index (χ4n) is 3.81. The molecule has 0 spiro atoms. The highest BCUT2D eigenvalue weighted by Crippen LogP contribution is 2.45. The minimum absolute atomic E-state index is 0.0385. The summed E-state index contributed by atoms with van der Waals surface area (Å²) in [5.41, 5.74) is 0.459. The van der Waals surface area contributed by atoms with Gasteiger partial charge in [-0.1, -0.05) is 6.42 Å². The number of fused-ring (bicyclic) bond motifs is 2. The first-order valence-electron chi connectivity index (χ1n) is 8.81. The Morgan fingerprint density at radius 1 is 1.17 bits per heavy atom. The molecule has 2 atom stereocenters. The van der Waals surface area contributed by atoms with Crippen molar-refractivity contribution in [2.45, 2.75) is 55.4 Å². The minimum atomic E-state index is -0.350. The lowest BCUT2D eigenvalue weighted by atomic mass is 9.84. The normalized spacial score (nSPS) is 30.0. The van der Waals surface area contributed by atoms with Gasteiger partial charge in [0.15, 0.2) is 5.78 Å². The largest absolute Gasteiger partial charge is 0.493 e. The molecule has 3 fully saturated rings. The smallest absolute Gasteiger partial charge is 0.169 e. The van der Waals surface area contributed by atoms with E-state index in [1.807, 2.05) is 0 Å². The Kier molecular flexibility index (Phi) is 4.35. The van der Waals surface area contributed by atoms with Gasteiger partial charge in [-0.2, -0.15) is 11.8 Å². The minimum Gasteiger partial charge on any atom is -0.493 e. The van der Waals surface area contributed by atoms with Crippen molar-refractivity contribution in [2.24, 2.45) is 11.8 Å². The predicted octanol–water partition coefficient (Wildman–Crippen LogP) is 4.86. The number of halogens is 1. The number of benzene rings is 1. The Bertz CT molecular complexity index is 587. The molecular weight excluding hydrogens is 311 g/mol. The summed E-state index contributed by atoms with van der Waals surface area (Å²) in [7, 11) is 0. The SMILES string of the molecule is O=C(c1cc(F)ccc1OCC1CC1)C1CC2CCCC(C1)S2. The maximum atomic E-state index is 13.7. The van der Waals surface area contributed by atoms with E-state index in [0.29, 0.717) is 34.3 Å². The van der Waals surface area contributed by atoms with Crippen LogP contribution >= 0.6 is 11.8 Å². The monoisotopic (exact) mass is 334 g/mol. The second-order valence-corrected chi connectivity index (χ2v) is 8.84. The summed E-state index contributed by atoms with van der Waals surface area (Å²) < 4.78 is 19.5. The van der Waals surface area contributed by atoms with Crippen LogP contribution in [0.4, 0.5) is 4.39 Å². The molecule has 0 amide bonds. The van der Waals surface area contributed by atoms with Crippen LogP contribution in [0.15, 0.2) is 18.2 Å².